The highest BCUT2D eigenvalue weighted by Gasteiger charge is 2.36. The van der Waals surface area contributed by atoms with Gasteiger partial charge in [-0.1, -0.05) is 38.5 Å². The van der Waals surface area contributed by atoms with Gasteiger partial charge < -0.3 is 5.11 Å². The minimum Gasteiger partial charge on any atom is -0.478 e. The van der Waals surface area contributed by atoms with Gasteiger partial charge in [-0.2, -0.15) is 0 Å². The predicted octanol–water partition coefficient (Wildman–Crippen LogP) is 3.50. The van der Waals surface area contributed by atoms with Crippen LogP contribution in [-0.4, -0.2) is 11.1 Å². The highest BCUT2D eigenvalue weighted by Crippen LogP contribution is 2.45. The Morgan fingerprint density at radius 1 is 1.29 bits per heavy atom. The Kier molecular flexibility index (Phi) is 3.70. The van der Waals surface area contributed by atoms with Gasteiger partial charge in [-0.05, 0) is 42.4 Å². The van der Waals surface area contributed by atoms with E-state index < -0.39 is 5.97 Å². The third kappa shape index (κ3) is 2.80. The van der Waals surface area contributed by atoms with E-state index in [9.17, 15) is 4.79 Å². The van der Waals surface area contributed by atoms with Gasteiger partial charge in [0.1, 0.15) is 0 Å². The summed E-state index contributed by atoms with van der Waals surface area (Å²) in [5.74, 6) is 2.19. The first-order valence-electron chi connectivity index (χ1n) is 6.67. The number of carboxylic acids is 1. The third-order valence-corrected chi connectivity index (χ3v) is 4.44. The zero-order chi connectivity index (χ0) is 12.4. The quantitative estimate of drug-likeness (QED) is 0.586. The SMILES string of the molecule is CC1CCC2C(C=CC(C)C2C=CC(=O)O)C1. The molecule has 0 radical (unpaired) electrons. The normalized spacial score (nSPS) is 41.4. The van der Waals surface area contributed by atoms with E-state index in [2.05, 4.69) is 26.0 Å². The van der Waals surface area contributed by atoms with Crippen molar-refractivity contribution in [1.29, 1.82) is 0 Å². The lowest BCUT2D eigenvalue weighted by atomic mass is 9.63. The van der Waals surface area contributed by atoms with Crippen LogP contribution in [0.3, 0.4) is 0 Å². The van der Waals surface area contributed by atoms with Crippen molar-refractivity contribution in [2.75, 3.05) is 0 Å². The molecule has 0 bridgehead atoms. The van der Waals surface area contributed by atoms with E-state index in [4.69, 9.17) is 5.11 Å². The van der Waals surface area contributed by atoms with Crippen LogP contribution < -0.4 is 0 Å². The molecule has 0 amide bonds. The number of hydrogen-bond donors (Lipinski definition) is 1. The molecular formula is C15H22O2. The third-order valence-electron chi connectivity index (χ3n) is 4.44. The molecule has 94 valence electrons. The van der Waals surface area contributed by atoms with Crippen molar-refractivity contribution in [3.63, 3.8) is 0 Å². The fraction of sp³-hybridized carbons (Fsp3) is 0.667. The van der Waals surface area contributed by atoms with Gasteiger partial charge in [0.05, 0.1) is 0 Å². The molecule has 2 aliphatic carbocycles. The van der Waals surface area contributed by atoms with E-state index >= 15 is 0 Å². The Hall–Kier alpha value is -1.05. The average molecular weight is 234 g/mol. The second-order valence-electron chi connectivity index (χ2n) is 5.76. The van der Waals surface area contributed by atoms with Gasteiger partial charge in [-0.3, -0.25) is 0 Å². The van der Waals surface area contributed by atoms with Crippen LogP contribution in [0.15, 0.2) is 24.3 Å². The molecule has 1 saturated carbocycles. The zero-order valence-corrected chi connectivity index (χ0v) is 10.7. The fourth-order valence-electron chi connectivity index (χ4n) is 3.50. The van der Waals surface area contributed by atoms with Crippen LogP contribution in [0.25, 0.3) is 0 Å². The van der Waals surface area contributed by atoms with Crippen molar-refractivity contribution in [2.24, 2.45) is 29.6 Å². The Morgan fingerprint density at radius 2 is 2.06 bits per heavy atom. The molecule has 5 unspecified atom stereocenters. The highest BCUT2D eigenvalue weighted by molar-refractivity contribution is 5.79. The first-order chi connectivity index (χ1) is 8.08. The standard InChI is InChI=1S/C15H22O2/c1-10-3-6-14-12(9-10)5-4-11(2)13(14)7-8-15(16)17/h4-5,7-8,10-14H,3,6,9H2,1-2H3,(H,16,17). The fourth-order valence-corrected chi connectivity index (χ4v) is 3.50. The maximum atomic E-state index is 10.7. The summed E-state index contributed by atoms with van der Waals surface area (Å²) in [5, 5.41) is 8.76. The molecule has 0 aromatic rings. The molecule has 0 saturated heterocycles. The van der Waals surface area contributed by atoms with Crippen molar-refractivity contribution < 1.29 is 9.90 Å². The Morgan fingerprint density at radius 3 is 2.76 bits per heavy atom. The molecule has 2 nitrogen and oxygen atoms in total. The molecule has 0 aromatic carbocycles. The van der Waals surface area contributed by atoms with Crippen LogP contribution in [0.4, 0.5) is 0 Å². The van der Waals surface area contributed by atoms with Crippen molar-refractivity contribution in [3.8, 4) is 0 Å². The van der Waals surface area contributed by atoms with Gasteiger partial charge in [-0.25, -0.2) is 4.79 Å². The number of carbonyl (C=O) groups is 1. The number of hydrogen-bond acceptors (Lipinski definition) is 1. The molecule has 2 rings (SSSR count). The van der Waals surface area contributed by atoms with Crippen LogP contribution >= 0.6 is 0 Å². The summed E-state index contributed by atoms with van der Waals surface area (Å²) in [7, 11) is 0. The lowest BCUT2D eigenvalue weighted by molar-refractivity contribution is -0.131. The molecule has 0 heterocycles. The van der Waals surface area contributed by atoms with Crippen molar-refractivity contribution >= 4 is 5.97 Å². The minimum absolute atomic E-state index is 0.411. The second-order valence-corrected chi connectivity index (χ2v) is 5.76. The van der Waals surface area contributed by atoms with Gasteiger partial charge in [0.15, 0.2) is 0 Å². The largest absolute Gasteiger partial charge is 0.478 e. The van der Waals surface area contributed by atoms with E-state index in [1.165, 1.54) is 25.3 Å². The minimum atomic E-state index is -0.826. The van der Waals surface area contributed by atoms with Crippen molar-refractivity contribution in [3.05, 3.63) is 24.3 Å². The van der Waals surface area contributed by atoms with Gasteiger partial charge in [0.25, 0.3) is 0 Å². The second kappa shape index (κ2) is 5.07. The Balaban J connectivity index is 2.14. The monoisotopic (exact) mass is 234 g/mol. The maximum Gasteiger partial charge on any atom is 0.327 e. The molecule has 0 aromatic heterocycles. The average Bonchev–Trinajstić information content (AvgIpc) is 2.27. The first kappa shape index (κ1) is 12.4. The van der Waals surface area contributed by atoms with E-state index in [-0.39, 0.29) is 0 Å². The summed E-state index contributed by atoms with van der Waals surface area (Å²) in [4.78, 5) is 10.7. The van der Waals surface area contributed by atoms with Crippen LogP contribution in [0, 0.1) is 29.6 Å². The van der Waals surface area contributed by atoms with Crippen molar-refractivity contribution in [1.82, 2.24) is 0 Å². The van der Waals surface area contributed by atoms with Crippen LogP contribution in [-0.2, 0) is 4.79 Å². The molecule has 0 aliphatic heterocycles. The smallest absolute Gasteiger partial charge is 0.327 e. The summed E-state index contributed by atoms with van der Waals surface area (Å²) in [6.07, 6.45) is 11.7. The van der Waals surface area contributed by atoms with E-state index in [0.29, 0.717) is 23.7 Å². The Labute approximate surface area is 103 Å². The lowest BCUT2D eigenvalue weighted by Crippen LogP contribution is -2.33. The van der Waals surface area contributed by atoms with E-state index in [0.717, 1.165) is 5.92 Å². The van der Waals surface area contributed by atoms with Gasteiger partial charge in [0.2, 0.25) is 0 Å². The van der Waals surface area contributed by atoms with Crippen LogP contribution in [0.5, 0.6) is 0 Å². The first-order valence-corrected chi connectivity index (χ1v) is 6.67. The van der Waals surface area contributed by atoms with Crippen molar-refractivity contribution in [2.45, 2.75) is 33.1 Å². The summed E-state index contributed by atoms with van der Waals surface area (Å²) >= 11 is 0. The summed E-state index contributed by atoms with van der Waals surface area (Å²) in [6, 6.07) is 0. The van der Waals surface area contributed by atoms with Gasteiger partial charge in [-0.15, -0.1) is 0 Å². The van der Waals surface area contributed by atoms with E-state index in [1.807, 2.05) is 6.08 Å². The number of rotatable bonds is 2. The number of carboxylic acid groups (broad SMARTS) is 1. The topological polar surface area (TPSA) is 37.3 Å². The van der Waals surface area contributed by atoms with Crippen LogP contribution in [0.1, 0.15) is 33.1 Å². The Bertz CT molecular complexity index is 343. The zero-order valence-electron chi connectivity index (χ0n) is 10.7. The molecule has 0 spiro atoms. The lowest BCUT2D eigenvalue weighted by Gasteiger charge is -2.42. The molecular weight excluding hydrogens is 212 g/mol. The molecule has 2 heteroatoms. The number of aliphatic carboxylic acids is 1. The summed E-state index contributed by atoms with van der Waals surface area (Å²) < 4.78 is 0. The predicted molar refractivity (Wildman–Crippen MR) is 68.6 cm³/mol. The maximum absolute atomic E-state index is 10.7. The van der Waals surface area contributed by atoms with Crippen LogP contribution in [0.2, 0.25) is 0 Å². The summed E-state index contributed by atoms with van der Waals surface area (Å²) in [5.41, 5.74) is 0. The number of allylic oxidation sites excluding steroid dienone is 3. The summed E-state index contributed by atoms with van der Waals surface area (Å²) in [6.45, 7) is 4.52. The highest BCUT2D eigenvalue weighted by atomic mass is 16.4. The number of fused-ring (bicyclic) bond motifs is 1. The molecule has 1 fully saturated rings. The molecule has 2 aliphatic rings. The molecule has 17 heavy (non-hydrogen) atoms. The van der Waals surface area contributed by atoms with Gasteiger partial charge >= 0.3 is 5.97 Å². The van der Waals surface area contributed by atoms with E-state index in [1.54, 1.807) is 0 Å². The van der Waals surface area contributed by atoms with Gasteiger partial charge in [0, 0.05) is 6.08 Å². The molecule has 5 atom stereocenters. The molecule has 1 N–H and O–H groups in total.